The maximum absolute atomic E-state index is 13.0. The van der Waals surface area contributed by atoms with E-state index >= 15 is 0 Å². The lowest BCUT2D eigenvalue weighted by molar-refractivity contribution is 0.0129. The minimum atomic E-state index is -0.494. The quantitative estimate of drug-likeness (QED) is 0.523. The number of nitrogens with zero attached hydrogens (tertiary/aromatic N) is 1. The Morgan fingerprint density at radius 2 is 1.78 bits per heavy atom. The number of unbranched alkanes of at least 4 members (excludes halogenated alkanes) is 4. The second-order valence-electron chi connectivity index (χ2n) is 8.77. The largest absolute Gasteiger partial charge is 0.444 e. The van der Waals surface area contributed by atoms with Crippen molar-refractivity contribution in [2.45, 2.75) is 90.9 Å². The minimum absolute atomic E-state index is 0.0432. The summed E-state index contributed by atoms with van der Waals surface area (Å²) in [5.41, 5.74) is 1.55. The predicted octanol–water partition coefficient (Wildman–Crippen LogP) is 5.84. The molecule has 0 bridgehead atoms. The normalized spacial score (nSPS) is 15.4. The van der Waals surface area contributed by atoms with Crippen molar-refractivity contribution >= 4 is 6.09 Å². The third kappa shape index (κ3) is 7.17. The summed E-state index contributed by atoms with van der Waals surface area (Å²) < 4.78 is 5.75. The van der Waals surface area contributed by atoms with E-state index in [1.54, 1.807) is 0 Å². The number of benzene rings is 1. The van der Waals surface area contributed by atoms with E-state index in [0.29, 0.717) is 5.92 Å². The SMILES string of the molecule is CCCCCCCN(C(=O)OC(C)(C)C)C(c1ccc(CO)cc1)C1CC1. The molecule has 1 N–H and O–H groups in total. The highest BCUT2D eigenvalue weighted by Gasteiger charge is 2.39. The second-order valence-corrected chi connectivity index (χ2v) is 8.77. The number of hydrogen-bond donors (Lipinski definition) is 1. The highest BCUT2D eigenvalue weighted by molar-refractivity contribution is 5.69. The highest BCUT2D eigenvalue weighted by Crippen LogP contribution is 2.45. The van der Waals surface area contributed by atoms with Crippen LogP contribution < -0.4 is 0 Å². The molecule has 1 aromatic carbocycles. The number of ether oxygens (including phenoxy) is 1. The van der Waals surface area contributed by atoms with Crippen molar-refractivity contribution in [2.24, 2.45) is 5.92 Å². The average molecular weight is 376 g/mol. The molecule has 0 aromatic heterocycles. The Kier molecular flexibility index (Phi) is 8.15. The monoisotopic (exact) mass is 375 g/mol. The van der Waals surface area contributed by atoms with Crippen LogP contribution in [0, 0.1) is 5.92 Å². The van der Waals surface area contributed by atoms with Gasteiger partial charge in [0.1, 0.15) is 5.60 Å². The van der Waals surface area contributed by atoms with Gasteiger partial charge < -0.3 is 14.7 Å². The predicted molar refractivity (Wildman–Crippen MR) is 110 cm³/mol. The standard InChI is InChI=1S/C23H37NO3/c1-5-6-7-8-9-16-24(22(26)27-23(2,3)4)21(20-14-15-20)19-12-10-18(17-25)11-13-19/h10-13,20-21,25H,5-9,14-17H2,1-4H3. The van der Waals surface area contributed by atoms with Crippen LogP contribution in [0.2, 0.25) is 0 Å². The maximum atomic E-state index is 13.0. The molecule has 0 aliphatic heterocycles. The minimum Gasteiger partial charge on any atom is -0.444 e. The van der Waals surface area contributed by atoms with E-state index in [0.717, 1.165) is 43.4 Å². The van der Waals surface area contributed by atoms with E-state index in [1.807, 2.05) is 37.8 Å². The van der Waals surface area contributed by atoms with Crippen LogP contribution in [0.4, 0.5) is 4.79 Å². The van der Waals surface area contributed by atoms with Crippen molar-refractivity contribution in [1.29, 1.82) is 0 Å². The molecule has 1 amide bonds. The van der Waals surface area contributed by atoms with Gasteiger partial charge in [0.2, 0.25) is 0 Å². The molecular formula is C23H37NO3. The summed E-state index contributed by atoms with van der Waals surface area (Å²) >= 11 is 0. The van der Waals surface area contributed by atoms with Gasteiger partial charge in [-0.1, -0.05) is 56.9 Å². The first-order chi connectivity index (χ1) is 12.9. The zero-order valence-corrected chi connectivity index (χ0v) is 17.5. The Labute approximate surface area is 164 Å². The van der Waals surface area contributed by atoms with E-state index in [1.165, 1.54) is 19.3 Å². The first-order valence-corrected chi connectivity index (χ1v) is 10.5. The molecule has 27 heavy (non-hydrogen) atoms. The molecule has 1 atom stereocenters. The molecule has 4 nitrogen and oxygen atoms in total. The zero-order chi connectivity index (χ0) is 19.9. The van der Waals surface area contributed by atoms with Crippen LogP contribution in [0.1, 0.15) is 89.8 Å². The Hall–Kier alpha value is -1.55. The molecular weight excluding hydrogens is 338 g/mol. The Bertz CT molecular complexity index is 572. The first kappa shape index (κ1) is 21.7. The maximum Gasteiger partial charge on any atom is 0.410 e. The second kappa shape index (κ2) is 10.1. The van der Waals surface area contributed by atoms with Crippen molar-refractivity contribution in [3.63, 3.8) is 0 Å². The molecule has 1 fully saturated rings. The lowest BCUT2D eigenvalue weighted by Gasteiger charge is -2.34. The van der Waals surface area contributed by atoms with Gasteiger partial charge in [-0.25, -0.2) is 4.79 Å². The summed E-state index contributed by atoms with van der Waals surface area (Å²) in [7, 11) is 0. The fourth-order valence-electron chi connectivity index (χ4n) is 3.49. The van der Waals surface area contributed by atoms with E-state index in [4.69, 9.17) is 4.74 Å². The molecule has 0 saturated heterocycles. The molecule has 0 heterocycles. The average Bonchev–Trinajstić information content (AvgIpc) is 3.44. The van der Waals surface area contributed by atoms with E-state index in [9.17, 15) is 9.90 Å². The fraction of sp³-hybridized carbons (Fsp3) is 0.696. The van der Waals surface area contributed by atoms with Crippen molar-refractivity contribution in [1.82, 2.24) is 4.90 Å². The lowest BCUT2D eigenvalue weighted by atomic mass is 9.99. The van der Waals surface area contributed by atoms with Crippen LogP contribution in [0.25, 0.3) is 0 Å². The molecule has 2 rings (SSSR count). The summed E-state index contributed by atoms with van der Waals surface area (Å²) in [5, 5.41) is 9.32. The molecule has 1 aliphatic carbocycles. The summed E-state index contributed by atoms with van der Waals surface area (Å²) in [5.74, 6) is 0.508. The van der Waals surface area contributed by atoms with Crippen LogP contribution in [-0.4, -0.2) is 28.2 Å². The van der Waals surface area contributed by atoms with Crippen molar-refractivity contribution in [3.8, 4) is 0 Å². The molecule has 0 radical (unpaired) electrons. The van der Waals surface area contributed by atoms with Crippen molar-refractivity contribution in [2.75, 3.05) is 6.54 Å². The number of aliphatic hydroxyl groups excluding tert-OH is 1. The lowest BCUT2D eigenvalue weighted by Crippen LogP contribution is -2.40. The molecule has 1 aromatic rings. The van der Waals surface area contributed by atoms with Crippen LogP contribution in [0.15, 0.2) is 24.3 Å². The summed E-state index contributed by atoms with van der Waals surface area (Å²) in [6.07, 6.45) is 7.95. The smallest absolute Gasteiger partial charge is 0.410 e. The highest BCUT2D eigenvalue weighted by atomic mass is 16.6. The van der Waals surface area contributed by atoms with E-state index < -0.39 is 5.60 Å². The van der Waals surface area contributed by atoms with Gasteiger partial charge in [0, 0.05) is 6.54 Å². The van der Waals surface area contributed by atoms with Gasteiger partial charge >= 0.3 is 6.09 Å². The Balaban J connectivity index is 2.16. The third-order valence-electron chi connectivity index (χ3n) is 5.04. The number of carbonyl (C=O) groups excluding carboxylic acids is 1. The fourth-order valence-corrected chi connectivity index (χ4v) is 3.49. The first-order valence-electron chi connectivity index (χ1n) is 10.5. The molecule has 0 spiro atoms. The number of amides is 1. The molecule has 1 aliphatic rings. The van der Waals surface area contributed by atoms with Gasteiger partial charge in [0.25, 0.3) is 0 Å². The van der Waals surface area contributed by atoms with E-state index in [-0.39, 0.29) is 18.7 Å². The van der Waals surface area contributed by atoms with Gasteiger partial charge in [-0.3, -0.25) is 0 Å². The topological polar surface area (TPSA) is 49.8 Å². The van der Waals surface area contributed by atoms with E-state index in [2.05, 4.69) is 19.1 Å². The van der Waals surface area contributed by atoms with Crippen LogP contribution in [0.3, 0.4) is 0 Å². The Morgan fingerprint density at radius 1 is 1.15 bits per heavy atom. The summed E-state index contributed by atoms with van der Waals surface area (Å²) in [6, 6.07) is 8.10. The zero-order valence-electron chi connectivity index (χ0n) is 17.5. The van der Waals surface area contributed by atoms with Crippen molar-refractivity contribution in [3.05, 3.63) is 35.4 Å². The molecule has 1 saturated carbocycles. The number of aliphatic hydroxyl groups is 1. The van der Waals surface area contributed by atoms with Crippen LogP contribution in [0.5, 0.6) is 0 Å². The van der Waals surface area contributed by atoms with Crippen molar-refractivity contribution < 1.29 is 14.6 Å². The summed E-state index contributed by atoms with van der Waals surface area (Å²) in [6.45, 7) is 8.76. The number of hydrogen-bond acceptors (Lipinski definition) is 3. The number of carbonyl (C=O) groups is 1. The van der Waals surface area contributed by atoms with Crippen LogP contribution >= 0.6 is 0 Å². The number of rotatable bonds is 10. The Morgan fingerprint density at radius 3 is 2.30 bits per heavy atom. The summed E-state index contributed by atoms with van der Waals surface area (Å²) in [4.78, 5) is 15.0. The molecule has 1 unspecified atom stereocenters. The van der Waals surface area contributed by atoms with Gasteiger partial charge in [-0.15, -0.1) is 0 Å². The van der Waals surface area contributed by atoms with Gasteiger partial charge in [0.15, 0.2) is 0 Å². The molecule has 4 heteroatoms. The van der Waals surface area contributed by atoms with Gasteiger partial charge in [-0.05, 0) is 57.1 Å². The molecule has 152 valence electrons. The van der Waals surface area contributed by atoms with Gasteiger partial charge in [0.05, 0.1) is 12.6 Å². The van der Waals surface area contributed by atoms with Gasteiger partial charge in [-0.2, -0.15) is 0 Å². The third-order valence-corrected chi connectivity index (χ3v) is 5.04. The van der Waals surface area contributed by atoms with Crippen LogP contribution in [-0.2, 0) is 11.3 Å².